The van der Waals surface area contributed by atoms with Crippen LogP contribution in [0.15, 0.2) is 46.9 Å². The highest BCUT2D eigenvalue weighted by Gasteiger charge is 2.19. The van der Waals surface area contributed by atoms with Gasteiger partial charge in [0, 0.05) is 28.8 Å². The van der Waals surface area contributed by atoms with Crippen LogP contribution < -0.4 is 15.4 Å². The molecule has 0 atom stereocenters. The van der Waals surface area contributed by atoms with Crippen LogP contribution >= 0.6 is 28.1 Å². The van der Waals surface area contributed by atoms with Crippen LogP contribution in [-0.2, 0) is 4.74 Å². The molecule has 1 saturated heterocycles. The number of anilines is 1. The van der Waals surface area contributed by atoms with Gasteiger partial charge in [-0.3, -0.25) is 14.9 Å². The third-order valence-corrected chi connectivity index (χ3v) is 5.73. The molecule has 9 heteroatoms. The molecule has 3 rings (SSSR count). The number of thiocarbonyl (C=S) groups is 1. The summed E-state index contributed by atoms with van der Waals surface area (Å²) >= 11 is 8.74. The molecule has 1 heterocycles. The summed E-state index contributed by atoms with van der Waals surface area (Å²) in [7, 11) is 0. The number of amides is 2. The van der Waals surface area contributed by atoms with Crippen molar-refractivity contribution in [1.29, 1.82) is 0 Å². The smallest absolute Gasteiger partial charge is 0.261 e. The van der Waals surface area contributed by atoms with Crippen LogP contribution in [0.2, 0.25) is 0 Å². The van der Waals surface area contributed by atoms with Gasteiger partial charge in [0.05, 0.1) is 25.4 Å². The Bertz CT molecular complexity index is 1010. The molecule has 0 bridgehead atoms. The Hall–Kier alpha value is -2.49. The first-order valence-electron chi connectivity index (χ1n) is 10.8. The van der Waals surface area contributed by atoms with E-state index < -0.39 is 0 Å². The summed E-state index contributed by atoms with van der Waals surface area (Å²) in [6.45, 7) is 6.97. The van der Waals surface area contributed by atoms with Crippen molar-refractivity contribution in [2.24, 2.45) is 5.92 Å². The summed E-state index contributed by atoms with van der Waals surface area (Å²) < 4.78 is 11.9. The van der Waals surface area contributed by atoms with E-state index in [0.29, 0.717) is 61.4 Å². The first-order chi connectivity index (χ1) is 15.8. The minimum Gasteiger partial charge on any atom is -0.493 e. The minimum atomic E-state index is -0.381. The van der Waals surface area contributed by atoms with Gasteiger partial charge in [0.1, 0.15) is 5.75 Å². The molecule has 33 heavy (non-hydrogen) atoms. The van der Waals surface area contributed by atoms with Crippen LogP contribution in [0.3, 0.4) is 0 Å². The number of carbonyl (C=O) groups is 2. The van der Waals surface area contributed by atoms with Gasteiger partial charge in [0.25, 0.3) is 11.8 Å². The number of ether oxygens (including phenoxy) is 2. The number of halogens is 1. The van der Waals surface area contributed by atoms with Crippen molar-refractivity contribution in [2.45, 2.75) is 20.3 Å². The number of rotatable bonds is 7. The number of nitrogens with zero attached hydrogens (tertiary/aromatic N) is 1. The Kier molecular flexibility index (Phi) is 9.22. The number of morpholine rings is 1. The third-order valence-electron chi connectivity index (χ3n) is 5.03. The van der Waals surface area contributed by atoms with E-state index in [4.69, 9.17) is 21.7 Å². The molecule has 0 radical (unpaired) electrons. The van der Waals surface area contributed by atoms with Crippen LogP contribution in [0, 0.1) is 5.92 Å². The summed E-state index contributed by atoms with van der Waals surface area (Å²) in [5, 5.41) is 5.81. The van der Waals surface area contributed by atoms with E-state index >= 15 is 0 Å². The van der Waals surface area contributed by atoms with Gasteiger partial charge in [-0.2, -0.15) is 0 Å². The molecule has 176 valence electrons. The van der Waals surface area contributed by atoms with Gasteiger partial charge in [-0.1, -0.05) is 35.8 Å². The summed E-state index contributed by atoms with van der Waals surface area (Å²) in [6.07, 6.45) is 0.886. The van der Waals surface area contributed by atoms with E-state index in [2.05, 4.69) is 40.4 Å². The van der Waals surface area contributed by atoms with Crippen LogP contribution in [0.5, 0.6) is 5.75 Å². The summed E-state index contributed by atoms with van der Waals surface area (Å²) in [5.41, 5.74) is 1.54. The quantitative estimate of drug-likeness (QED) is 0.511. The average Bonchev–Trinajstić information content (AvgIpc) is 2.80. The molecule has 0 spiro atoms. The number of nitrogens with one attached hydrogen (secondary N) is 2. The van der Waals surface area contributed by atoms with Crippen LogP contribution in [0.1, 0.15) is 41.0 Å². The molecule has 2 N–H and O–H groups in total. The van der Waals surface area contributed by atoms with Crippen molar-refractivity contribution < 1.29 is 19.1 Å². The molecule has 0 aliphatic carbocycles. The second-order valence-electron chi connectivity index (χ2n) is 8.07. The Morgan fingerprint density at radius 1 is 1.18 bits per heavy atom. The second kappa shape index (κ2) is 12.1. The van der Waals surface area contributed by atoms with E-state index in [1.807, 2.05) is 6.07 Å². The Balaban J connectivity index is 1.63. The maximum absolute atomic E-state index is 12.9. The average molecular weight is 534 g/mol. The molecule has 0 saturated carbocycles. The van der Waals surface area contributed by atoms with Gasteiger partial charge in [-0.15, -0.1) is 0 Å². The zero-order chi connectivity index (χ0) is 23.8. The normalized spacial score (nSPS) is 13.5. The van der Waals surface area contributed by atoms with Gasteiger partial charge < -0.3 is 19.7 Å². The number of hydrogen-bond donors (Lipinski definition) is 2. The van der Waals surface area contributed by atoms with Crippen molar-refractivity contribution in [3.05, 3.63) is 58.1 Å². The van der Waals surface area contributed by atoms with E-state index in [1.165, 1.54) is 0 Å². The molecule has 1 aliphatic rings. The Labute approximate surface area is 207 Å². The lowest BCUT2D eigenvalue weighted by molar-refractivity contribution is 0.0303. The predicted octanol–water partition coefficient (Wildman–Crippen LogP) is 4.47. The van der Waals surface area contributed by atoms with Crippen LogP contribution in [0.4, 0.5) is 5.69 Å². The van der Waals surface area contributed by atoms with Gasteiger partial charge in [0.15, 0.2) is 5.11 Å². The monoisotopic (exact) mass is 533 g/mol. The Morgan fingerprint density at radius 2 is 1.94 bits per heavy atom. The van der Waals surface area contributed by atoms with Gasteiger partial charge in [-0.05, 0) is 61.0 Å². The van der Waals surface area contributed by atoms with Gasteiger partial charge >= 0.3 is 0 Å². The molecule has 1 fully saturated rings. The zero-order valence-corrected chi connectivity index (χ0v) is 21.1. The fraction of sp³-hybridized carbons (Fsp3) is 0.375. The molecule has 1 aliphatic heterocycles. The van der Waals surface area contributed by atoms with E-state index in [1.54, 1.807) is 41.3 Å². The van der Waals surface area contributed by atoms with E-state index in [0.717, 1.165) is 10.9 Å². The number of carbonyl (C=O) groups excluding carboxylic acids is 2. The SMILES string of the molecule is CC(C)CCOc1ccc(Br)cc1C(=O)NC(=S)Nc1cccc(C(=O)N2CCOCC2)c1. The van der Waals surface area contributed by atoms with Gasteiger partial charge in [-0.25, -0.2) is 0 Å². The van der Waals surface area contributed by atoms with Crippen molar-refractivity contribution in [2.75, 3.05) is 38.2 Å². The summed E-state index contributed by atoms with van der Waals surface area (Å²) in [5.74, 6) is 0.556. The molecule has 0 aromatic heterocycles. The van der Waals surface area contributed by atoms with E-state index in [9.17, 15) is 9.59 Å². The highest BCUT2D eigenvalue weighted by atomic mass is 79.9. The van der Waals surface area contributed by atoms with E-state index in [-0.39, 0.29) is 16.9 Å². The first kappa shape index (κ1) is 25.1. The highest BCUT2D eigenvalue weighted by Crippen LogP contribution is 2.24. The van der Waals surface area contributed by atoms with Crippen molar-refractivity contribution in [1.82, 2.24) is 10.2 Å². The number of hydrogen-bond acceptors (Lipinski definition) is 5. The lowest BCUT2D eigenvalue weighted by Gasteiger charge is -2.27. The molecular formula is C24H28BrN3O4S. The van der Waals surface area contributed by atoms with Gasteiger partial charge in [0.2, 0.25) is 0 Å². The fourth-order valence-electron chi connectivity index (χ4n) is 3.22. The van der Waals surface area contributed by atoms with Crippen molar-refractivity contribution in [3.63, 3.8) is 0 Å². The van der Waals surface area contributed by atoms with Crippen LogP contribution in [-0.4, -0.2) is 54.7 Å². The minimum absolute atomic E-state index is 0.0609. The first-order valence-corrected chi connectivity index (χ1v) is 12.1. The topological polar surface area (TPSA) is 79.9 Å². The zero-order valence-electron chi connectivity index (χ0n) is 18.7. The fourth-order valence-corrected chi connectivity index (χ4v) is 3.79. The van der Waals surface area contributed by atoms with Crippen molar-refractivity contribution >= 4 is 50.8 Å². The molecular weight excluding hydrogens is 506 g/mol. The highest BCUT2D eigenvalue weighted by molar-refractivity contribution is 9.10. The molecule has 7 nitrogen and oxygen atoms in total. The predicted molar refractivity (Wildman–Crippen MR) is 136 cm³/mol. The molecule has 0 unspecified atom stereocenters. The lowest BCUT2D eigenvalue weighted by atomic mass is 10.1. The maximum atomic E-state index is 12.9. The lowest BCUT2D eigenvalue weighted by Crippen LogP contribution is -2.40. The van der Waals surface area contributed by atoms with Crippen LogP contribution in [0.25, 0.3) is 0 Å². The standard InChI is InChI=1S/C24H28BrN3O4S/c1-16(2)8-11-32-21-7-6-18(25)15-20(21)22(29)27-24(33)26-19-5-3-4-17(14-19)23(30)28-9-12-31-13-10-28/h3-7,14-16H,8-13H2,1-2H3,(H2,26,27,29,33). The number of benzene rings is 2. The Morgan fingerprint density at radius 3 is 2.67 bits per heavy atom. The second-order valence-corrected chi connectivity index (χ2v) is 9.39. The molecule has 2 aromatic carbocycles. The summed E-state index contributed by atoms with van der Waals surface area (Å²) in [6, 6.07) is 12.3. The molecule has 2 amide bonds. The maximum Gasteiger partial charge on any atom is 0.261 e. The largest absolute Gasteiger partial charge is 0.493 e. The third kappa shape index (κ3) is 7.52. The molecule has 2 aromatic rings. The summed E-state index contributed by atoms with van der Waals surface area (Å²) in [4.78, 5) is 27.4. The van der Waals surface area contributed by atoms with Crippen molar-refractivity contribution in [3.8, 4) is 5.75 Å².